The molecule has 0 saturated carbocycles. The fourth-order valence-electron chi connectivity index (χ4n) is 4.32. The highest BCUT2D eigenvalue weighted by Crippen LogP contribution is 2.18. The van der Waals surface area contributed by atoms with Crippen LogP contribution in [-0.4, -0.2) is 44.3 Å². The van der Waals surface area contributed by atoms with Crippen molar-refractivity contribution in [1.82, 2.24) is 18.7 Å². The second-order valence-electron chi connectivity index (χ2n) is 8.35. The van der Waals surface area contributed by atoms with Crippen LogP contribution in [0.15, 0.2) is 64.4 Å². The van der Waals surface area contributed by atoms with E-state index in [1.807, 2.05) is 0 Å². The minimum atomic E-state index is -0.603. The monoisotopic (exact) mass is 478 g/mol. The number of hydrogen-bond acceptors (Lipinski definition) is 6. The lowest BCUT2D eigenvalue weighted by molar-refractivity contribution is 0.0947. The summed E-state index contributed by atoms with van der Waals surface area (Å²) < 4.78 is 28.2. The van der Waals surface area contributed by atoms with Gasteiger partial charge in [0.05, 0.1) is 38.3 Å². The summed E-state index contributed by atoms with van der Waals surface area (Å²) in [7, 11) is 1.51. The second kappa shape index (κ2) is 9.30. The molecule has 180 valence electrons. The molecule has 0 radical (unpaired) electrons. The summed E-state index contributed by atoms with van der Waals surface area (Å²) in [5, 5.41) is 0. The average Bonchev–Trinajstić information content (AvgIpc) is 3.53. The van der Waals surface area contributed by atoms with Crippen LogP contribution in [0.3, 0.4) is 0 Å². The number of ketones is 1. The third kappa shape index (κ3) is 4.28. The molecule has 1 aliphatic rings. The van der Waals surface area contributed by atoms with Crippen LogP contribution in [-0.2, 0) is 17.8 Å². The van der Waals surface area contributed by atoms with Gasteiger partial charge in [0.1, 0.15) is 11.6 Å². The Bertz CT molecular complexity index is 1510. The summed E-state index contributed by atoms with van der Waals surface area (Å²) in [4.78, 5) is 44.3. The van der Waals surface area contributed by atoms with Gasteiger partial charge in [-0.05, 0) is 49.2 Å². The van der Waals surface area contributed by atoms with Gasteiger partial charge in [0, 0.05) is 12.2 Å². The Hall–Kier alpha value is -4.05. The lowest BCUT2D eigenvalue weighted by atomic mass is 10.1. The van der Waals surface area contributed by atoms with Gasteiger partial charge in [-0.25, -0.2) is 18.7 Å². The number of carbonyl (C=O) groups excluding carboxylic acids is 1. The molecule has 2 aromatic heterocycles. The Morgan fingerprint density at radius 2 is 2.00 bits per heavy atom. The van der Waals surface area contributed by atoms with Gasteiger partial charge >= 0.3 is 5.69 Å². The van der Waals surface area contributed by atoms with E-state index in [9.17, 15) is 18.8 Å². The molecule has 0 unspecified atom stereocenters. The van der Waals surface area contributed by atoms with Crippen LogP contribution in [0.1, 0.15) is 23.2 Å². The molecule has 3 heterocycles. The van der Waals surface area contributed by atoms with E-state index < -0.39 is 17.1 Å². The molecule has 5 rings (SSSR count). The number of benzene rings is 2. The first-order chi connectivity index (χ1) is 17.0. The number of nitrogens with zero attached hydrogens (tertiary/aromatic N) is 4. The number of methoxy groups -OCH3 is 1. The van der Waals surface area contributed by atoms with Gasteiger partial charge in [-0.2, -0.15) is 0 Å². The summed E-state index contributed by atoms with van der Waals surface area (Å²) in [5.41, 5.74) is -0.204. The third-order valence-electron chi connectivity index (χ3n) is 6.10. The number of fused-ring (bicyclic) bond motifs is 1. The highest BCUT2D eigenvalue weighted by atomic mass is 19.1. The van der Waals surface area contributed by atoms with Gasteiger partial charge in [-0.15, -0.1) is 0 Å². The van der Waals surface area contributed by atoms with Crippen LogP contribution in [0.25, 0.3) is 16.9 Å². The molecular formula is C25H23FN4O5. The number of rotatable bonds is 7. The van der Waals surface area contributed by atoms with Gasteiger partial charge < -0.3 is 14.0 Å². The van der Waals surface area contributed by atoms with E-state index in [1.54, 1.807) is 24.3 Å². The number of ether oxygens (including phenoxy) is 2. The molecule has 0 bridgehead atoms. The van der Waals surface area contributed by atoms with Crippen LogP contribution in [0.5, 0.6) is 5.75 Å². The molecule has 0 aliphatic carbocycles. The average molecular weight is 478 g/mol. The summed E-state index contributed by atoms with van der Waals surface area (Å²) in [6.07, 6.45) is 2.67. The third-order valence-corrected chi connectivity index (χ3v) is 6.10. The van der Waals surface area contributed by atoms with E-state index in [-0.39, 0.29) is 36.1 Å². The van der Waals surface area contributed by atoms with E-state index in [0.29, 0.717) is 23.6 Å². The fourth-order valence-corrected chi connectivity index (χ4v) is 4.32. The van der Waals surface area contributed by atoms with Gasteiger partial charge in [-0.3, -0.25) is 14.2 Å². The Kier molecular flexibility index (Phi) is 6.04. The molecule has 0 amide bonds. The zero-order chi connectivity index (χ0) is 24.5. The zero-order valence-corrected chi connectivity index (χ0v) is 19.0. The number of hydrogen-bond donors (Lipinski definition) is 0. The highest BCUT2D eigenvalue weighted by molar-refractivity contribution is 5.96. The van der Waals surface area contributed by atoms with Crippen molar-refractivity contribution < 1.29 is 18.7 Å². The SMILES string of the molecule is COc1cccc(C(=O)Cn2cnc3c2c(=O)n(C[C@@H]2CCCO2)c(=O)n3-c2ccc(F)cc2)c1. The Morgan fingerprint density at radius 3 is 2.71 bits per heavy atom. The first-order valence-electron chi connectivity index (χ1n) is 11.2. The molecular weight excluding hydrogens is 455 g/mol. The molecule has 4 aromatic rings. The quantitative estimate of drug-likeness (QED) is 0.379. The summed E-state index contributed by atoms with van der Waals surface area (Å²) in [6, 6.07) is 12.1. The second-order valence-corrected chi connectivity index (χ2v) is 8.35. The van der Waals surface area contributed by atoms with Crippen molar-refractivity contribution >= 4 is 16.9 Å². The summed E-state index contributed by atoms with van der Waals surface area (Å²) in [5.74, 6) is -0.177. The maximum atomic E-state index is 13.6. The molecule has 35 heavy (non-hydrogen) atoms. The smallest absolute Gasteiger partial charge is 0.337 e. The van der Waals surface area contributed by atoms with Gasteiger partial charge in [-0.1, -0.05) is 12.1 Å². The standard InChI is InChI=1S/C25H23FN4O5/c1-34-19-5-2-4-16(12-19)21(31)14-28-15-27-23-22(28)24(32)29(13-20-6-3-11-35-20)25(33)30(23)18-9-7-17(26)8-10-18/h2,4-5,7-10,12,15,20H,3,6,11,13-14H2,1H3/t20-/m0/s1. The van der Waals surface area contributed by atoms with E-state index in [1.165, 1.54) is 46.8 Å². The normalized spacial score (nSPS) is 15.5. The predicted octanol–water partition coefficient (Wildman–Crippen LogP) is 2.56. The van der Waals surface area contributed by atoms with Crippen LogP contribution < -0.4 is 16.0 Å². The van der Waals surface area contributed by atoms with Crippen molar-refractivity contribution in [2.45, 2.75) is 32.0 Å². The number of carbonyl (C=O) groups is 1. The lowest BCUT2D eigenvalue weighted by Gasteiger charge is -2.15. The maximum absolute atomic E-state index is 13.6. The van der Waals surface area contributed by atoms with Crippen LogP contribution in [0.4, 0.5) is 4.39 Å². The van der Waals surface area contributed by atoms with Crippen molar-refractivity contribution in [3.63, 3.8) is 0 Å². The van der Waals surface area contributed by atoms with E-state index in [4.69, 9.17) is 9.47 Å². The van der Waals surface area contributed by atoms with Crippen LogP contribution in [0, 0.1) is 5.82 Å². The Balaban J connectivity index is 1.65. The molecule has 9 nitrogen and oxygen atoms in total. The predicted molar refractivity (Wildman–Crippen MR) is 126 cm³/mol. The van der Waals surface area contributed by atoms with Crippen molar-refractivity contribution in [1.29, 1.82) is 0 Å². The van der Waals surface area contributed by atoms with E-state index in [0.717, 1.165) is 17.4 Å². The fraction of sp³-hybridized carbons (Fsp3) is 0.280. The van der Waals surface area contributed by atoms with Gasteiger partial charge in [0.25, 0.3) is 5.56 Å². The molecule has 1 aliphatic heterocycles. The van der Waals surface area contributed by atoms with Gasteiger partial charge in [0.15, 0.2) is 16.9 Å². The molecule has 1 fully saturated rings. The highest BCUT2D eigenvalue weighted by Gasteiger charge is 2.24. The van der Waals surface area contributed by atoms with Crippen molar-refractivity contribution in [2.75, 3.05) is 13.7 Å². The van der Waals surface area contributed by atoms with Crippen molar-refractivity contribution in [3.05, 3.63) is 87.1 Å². The van der Waals surface area contributed by atoms with Crippen LogP contribution in [0.2, 0.25) is 0 Å². The largest absolute Gasteiger partial charge is 0.497 e. The van der Waals surface area contributed by atoms with Crippen LogP contribution >= 0.6 is 0 Å². The van der Waals surface area contributed by atoms with Gasteiger partial charge in [0.2, 0.25) is 0 Å². The zero-order valence-electron chi connectivity index (χ0n) is 19.0. The Labute approximate surface area is 199 Å². The summed E-state index contributed by atoms with van der Waals surface area (Å²) in [6.45, 7) is 0.477. The molecule has 10 heteroatoms. The van der Waals surface area contributed by atoms with Crippen molar-refractivity contribution in [2.24, 2.45) is 0 Å². The lowest BCUT2D eigenvalue weighted by Crippen LogP contribution is -2.42. The molecule has 0 spiro atoms. The van der Waals surface area contributed by atoms with E-state index >= 15 is 0 Å². The molecule has 1 saturated heterocycles. The molecule has 2 aromatic carbocycles. The number of aromatic nitrogens is 4. The van der Waals surface area contributed by atoms with E-state index in [2.05, 4.69) is 4.98 Å². The van der Waals surface area contributed by atoms with Crippen molar-refractivity contribution in [3.8, 4) is 11.4 Å². The summed E-state index contributed by atoms with van der Waals surface area (Å²) >= 11 is 0. The number of Topliss-reactive ketones (excluding diaryl/α,β-unsaturated/α-hetero) is 1. The first kappa shape index (κ1) is 22.7. The maximum Gasteiger partial charge on any atom is 0.337 e. The number of halogens is 1. The minimum absolute atomic E-state index is 0.0732. The minimum Gasteiger partial charge on any atom is -0.497 e. The molecule has 0 N–H and O–H groups in total. The topological polar surface area (TPSA) is 97.4 Å². The number of imidazole rings is 1. The Morgan fingerprint density at radius 1 is 1.20 bits per heavy atom. The first-order valence-corrected chi connectivity index (χ1v) is 11.2. The molecule has 1 atom stereocenters.